The molecule has 0 atom stereocenters. The van der Waals surface area contributed by atoms with Gasteiger partial charge in [-0.1, -0.05) is 111 Å². The number of benzene rings is 6. The Hall–Kier alpha value is -5.94. The SMILES string of the molecule is CC1(C)c2ccccc2-c2c1c1cccc3c1n2B1c2c-3cc3c(oc4ccccc43)c2-n2c3oc4ccccc4c3c3cccc1c32. The van der Waals surface area contributed by atoms with Crippen molar-refractivity contribution >= 4 is 83.6 Å². The van der Waals surface area contributed by atoms with Gasteiger partial charge in [0.15, 0.2) is 5.58 Å². The lowest BCUT2D eigenvalue weighted by Crippen LogP contribution is -2.55. The van der Waals surface area contributed by atoms with Gasteiger partial charge in [0.1, 0.15) is 11.2 Å². The van der Waals surface area contributed by atoms with Crippen molar-refractivity contribution < 1.29 is 8.83 Å². The lowest BCUT2D eigenvalue weighted by Gasteiger charge is -2.34. The Morgan fingerprint density at radius 2 is 1.31 bits per heavy atom. The van der Waals surface area contributed by atoms with E-state index < -0.39 is 0 Å². The van der Waals surface area contributed by atoms with E-state index in [1.165, 1.54) is 66.2 Å². The van der Waals surface area contributed by atoms with Crippen molar-refractivity contribution in [2.24, 2.45) is 0 Å². The molecule has 0 unspecified atom stereocenters. The number of para-hydroxylation sites is 4. The first-order chi connectivity index (χ1) is 23.6. The van der Waals surface area contributed by atoms with Gasteiger partial charge in [0.25, 0.3) is 0 Å². The van der Waals surface area contributed by atoms with Gasteiger partial charge in [-0.15, -0.1) is 0 Å². The highest BCUT2D eigenvalue weighted by atomic mass is 16.3. The van der Waals surface area contributed by atoms with E-state index in [0.29, 0.717) is 0 Å². The molecular weight excluding hydrogens is 587 g/mol. The molecule has 6 aromatic carbocycles. The average molecular weight is 612 g/mol. The number of rotatable bonds is 0. The van der Waals surface area contributed by atoms with Gasteiger partial charge in [-0.05, 0) is 45.8 Å². The van der Waals surface area contributed by atoms with Crippen LogP contribution in [0.4, 0.5) is 0 Å². The van der Waals surface area contributed by atoms with Crippen LogP contribution in [0, 0.1) is 0 Å². The van der Waals surface area contributed by atoms with Gasteiger partial charge < -0.3 is 13.3 Å². The fraction of sp³-hybridized carbons (Fsp3) is 0.0698. The maximum atomic E-state index is 6.91. The summed E-state index contributed by atoms with van der Waals surface area (Å²) in [6.45, 7) is 4.75. The lowest BCUT2D eigenvalue weighted by molar-refractivity contribution is 0.640. The summed E-state index contributed by atoms with van der Waals surface area (Å²) in [5.74, 6) is 0. The predicted octanol–water partition coefficient (Wildman–Crippen LogP) is 9.64. The van der Waals surface area contributed by atoms with Gasteiger partial charge in [-0.3, -0.25) is 4.57 Å². The quantitative estimate of drug-likeness (QED) is 0.160. The predicted molar refractivity (Wildman–Crippen MR) is 197 cm³/mol. The molecule has 1 aliphatic carbocycles. The second-order valence-corrected chi connectivity index (χ2v) is 14.4. The van der Waals surface area contributed by atoms with Crippen LogP contribution >= 0.6 is 0 Å². The first-order valence-corrected chi connectivity index (χ1v) is 16.8. The van der Waals surface area contributed by atoms with Crippen molar-refractivity contribution in [3.8, 4) is 28.1 Å². The number of aromatic nitrogens is 2. The average Bonchev–Trinajstić information content (AvgIpc) is 3.89. The third kappa shape index (κ3) is 2.42. The lowest BCUT2D eigenvalue weighted by atomic mass is 9.45. The maximum Gasteiger partial charge on any atom is 0.333 e. The fourth-order valence-corrected chi connectivity index (χ4v) is 10.1. The van der Waals surface area contributed by atoms with Crippen LogP contribution in [-0.4, -0.2) is 15.9 Å². The minimum Gasteiger partial charge on any atom is -0.454 e. The summed E-state index contributed by atoms with van der Waals surface area (Å²) < 4.78 is 18.8. The van der Waals surface area contributed by atoms with Crippen LogP contribution in [0.15, 0.2) is 124 Å². The molecule has 0 N–H and O–H groups in total. The molecule has 0 spiro atoms. The van der Waals surface area contributed by atoms with Crippen molar-refractivity contribution in [2.45, 2.75) is 19.3 Å². The topological polar surface area (TPSA) is 36.1 Å². The fourth-order valence-electron chi connectivity index (χ4n) is 10.1. The first-order valence-electron chi connectivity index (χ1n) is 16.8. The molecule has 0 saturated carbocycles. The van der Waals surface area contributed by atoms with E-state index >= 15 is 0 Å². The van der Waals surface area contributed by atoms with Crippen molar-refractivity contribution in [1.82, 2.24) is 9.05 Å². The van der Waals surface area contributed by atoms with Crippen LogP contribution < -0.4 is 10.9 Å². The summed E-state index contributed by atoms with van der Waals surface area (Å²) >= 11 is 0. The number of furan rings is 2. The molecular formula is C43H25BN2O2. The van der Waals surface area contributed by atoms with Gasteiger partial charge in [-0.25, -0.2) is 0 Å². The van der Waals surface area contributed by atoms with Crippen LogP contribution in [-0.2, 0) is 5.41 Å². The van der Waals surface area contributed by atoms with E-state index in [1.807, 2.05) is 0 Å². The van der Waals surface area contributed by atoms with Crippen LogP contribution in [0.5, 0.6) is 0 Å². The largest absolute Gasteiger partial charge is 0.454 e. The number of fused-ring (bicyclic) bond motifs is 18. The molecule has 48 heavy (non-hydrogen) atoms. The zero-order valence-electron chi connectivity index (χ0n) is 26.3. The number of hydrogen-bond donors (Lipinski definition) is 0. The Morgan fingerprint density at radius 1 is 0.604 bits per heavy atom. The summed E-state index contributed by atoms with van der Waals surface area (Å²) in [5, 5.41) is 7.14. The Balaban J connectivity index is 1.33. The molecule has 2 aliphatic heterocycles. The molecule has 3 aliphatic rings. The Labute approximate surface area is 274 Å². The van der Waals surface area contributed by atoms with E-state index in [2.05, 4.69) is 138 Å². The van der Waals surface area contributed by atoms with E-state index in [9.17, 15) is 0 Å². The molecule has 0 amide bonds. The van der Waals surface area contributed by atoms with Crippen molar-refractivity contribution in [1.29, 1.82) is 0 Å². The molecule has 0 saturated heterocycles. The second-order valence-electron chi connectivity index (χ2n) is 14.4. The summed E-state index contributed by atoms with van der Waals surface area (Å²) in [5.41, 5.74) is 17.7. The highest BCUT2D eigenvalue weighted by Crippen LogP contribution is 2.56. The second kappa shape index (κ2) is 7.61. The summed E-state index contributed by atoms with van der Waals surface area (Å²) in [4.78, 5) is 0. The normalized spacial score (nSPS) is 15.0. The molecule has 6 heterocycles. The number of hydrogen-bond acceptors (Lipinski definition) is 2. The minimum absolute atomic E-state index is 0.0443. The highest BCUT2D eigenvalue weighted by Gasteiger charge is 2.48. The van der Waals surface area contributed by atoms with E-state index in [-0.39, 0.29) is 12.3 Å². The summed E-state index contributed by atoms with van der Waals surface area (Å²) in [7, 11) is 0. The molecule has 4 aromatic heterocycles. The van der Waals surface area contributed by atoms with Crippen LogP contribution in [0.3, 0.4) is 0 Å². The molecule has 10 aromatic rings. The van der Waals surface area contributed by atoms with Crippen LogP contribution in [0.1, 0.15) is 25.0 Å². The Kier molecular flexibility index (Phi) is 3.85. The maximum absolute atomic E-state index is 6.91. The molecule has 0 fully saturated rings. The van der Waals surface area contributed by atoms with E-state index in [4.69, 9.17) is 8.83 Å². The zero-order chi connectivity index (χ0) is 31.2. The van der Waals surface area contributed by atoms with Crippen molar-refractivity contribution in [2.75, 3.05) is 0 Å². The molecule has 0 bridgehead atoms. The van der Waals surface area contributed by atoms with E-state index in [1.54, 1.807) is 0 Å². The molecule has 4 nitrogen and oxygen atoms in total. The highest BCUT2D eigenvalue weighted by molar-refractivity contribution is 6.90. The third-order valence-corrected chi connectivity index (χ3v) is 11.9. The summed E-state index contributed by atoms with van der Waals surface area (Å²) in [6, 6.07) is 42.1. The third-order valence-electron chi connectivity index (χ3n) is 11.9. The monoisotopic (exact) mass is 612 g/mol. The standard InChI is InChI=1S/C43H25BN2O2/c1-43(2)30-17-6-3-12-24(30)39-35(43)27-16-9-14-23-28-21-29-22-11-4-7-19-32(22)47-41(29)40-36(28)44(46(39)37(23)27)31-18-10-15-26-34-25-13-5-8-20-33(25)48-42(34)45(40)38(26)31/h3-21H,1-2H3. The minimum atomic E-state index is -0.128. The molecule has 0 radical (unpaired) electrons. The van der Waals surface area contributed by atoms with Gasteiger partial charge in [0.2, 0.25) is 5.71 Å². The molecule has 5 heteroatoms. The van der Waals surface area contributed by atoms with Gasteiger partial charge in [0, 0.05) is 54.7 Å². The van der Waals surface area contributed by atoms with Gasteiger partial charge in [-0.2, -0.15) is 0 Å². The molecule has 222 valence electrons. The molecule has 13 rings (SSSR count). The van der Waals surface area contributed by atoms with Gasteiger partial charge in [0.05, 0.1) is 16.6 Å². The van der Waals surface area contributed by atoms with Gasteiger partial charge >= 0.3 is 6.85 Å². The van der Waals surface area contributed by atoms with Crippen molar-refractivity contribution in [3.63, 3.8) is 0 Å². The smallest absolute Gasteiger partial charge is 0.333 e. The number of nitrogens with zero attached hydrogens (tertiary/aromatic N) is 2. The van der Waals surface area contributed by atoms with Crippen molar-refractivity contribution in [3.05, 3.63) is 126 Å². The van der Waals surface area contributed by atoms with E-state index in [0.717, 1.165) is 49.7 Å². The first kappa shape index (κ1) is 24.3. The summed E-state index contributed by atoms with van der Waals surface area (Å²) in [6.07, 6.45) is 0. The Bertz CT molecular complexity index is 3160. The van der Waals surface area contributed by atoms with Crippen LogP contribution in [0.25, 0.3) is 93.9 Å². The zero-order valence-corrected chi connectivity index (χ0v) is 26.3. The Morgan fingerprint density at radius 3 is 2.21 bits per heavy atom. The van der Waals surface area contributed by atoms with Crippen LogP contribution in [0.2, 0.25) is 0 Å².